The van der Waals surface area contributed by atoms with E-state index in [1.54, 1.807) is 6.20 Å². The van der Waals surface area contributed by atoms with Gasteiger partial charge in [-0.15, -0.1) is 0 Å². The molecule has 126 valence electrons. The number of hydrogen-bond donors (Lipinski definition) is 2. The molecule has 0 aliphatic rings. The lowest BCUT2D eigenvalue weighted by Gasteiger charge is -2.08. The van der Waals surface area contributed by atoms with E-state index in [1.165, 1.54) is 12.4 Å². The van der Waals surface area contributed by atoms with Crippen molar-refractivity contribution in [1.29, 1.82) is 0 Å². The smallest absolute Gasteiger partial charge is 0.275 e. The Bertz CT molecular complexity index is 868. The SMILES string of the molecule is Cc1cc(NC(=O)c2cnc(NCc3ccccn3)cn2)ccc1Br. The fraction of sp³-hybridized carbons (Fsp3) is 0.111. The maximum atomic E-state index is 12.2. The number of aromatic nitrogens is 3. The van der Waals surface area contributed by atoms with Crippen molar-refractivity contribution in [3.05, 3.63) is 76.4 Å². The molecule has 7 heteroatoms. The fourth-order valence-corrected chi connectivity index (χ4v) is 2.38. The summed E-state index contributed by atoms with van der Waals surface area (Å²) in [6.45, 7) is 2.50. The van der Waals surface area contributed by atoms with Crippen molar-refractivity contribution in [3.8, 4) is 0 Å². The quantitative estimate of drug-likeness (QED) is 0.684. The first-order valence-electron chi connectivity index (χ1n) is 7.65. The summed E-state index contributed by atoms with van der Waals surface area (Å²) in [4.78, 5) is 24.8. The molecule has 1 aromatic carbocycles. The third-order valence-electron chi connectivity index (χ3n) is 3.48. The zero-order valence-corrected chi connectivity index (χ0v) is 15.1. The molecule has 0 unspecified atom stereocenters. The lowest BCUT2D eigenvalue weighted by atomic mass is 10.2. The van der Waals surface area contributed by atoms with Gasteiger partial charge >= 0.3 is 0 Å². The van der Waals surface area contributed by atoms with E-state index in [9.17, 15) is 4.79 Å². The number of amides is 1. The first-order valence-corrected chi connectivity index (χ1v) is 8.44. The van der Waals surface area contributed by atoms with Crippen molar-refractivity contribution in [2.24, 2.45) is 0 Å². The van der Waals surface area contributed by atoms with Crippen LogP contribution in [0.2, 0.25) is 0 Å². The van der Waals surface area contributed by atoms with Crippen molar-refractivity contribution in [2.45, 2.75) is 13.5 Å². The van der Waals surface area contributed by atoms with Crippen molar-refractivity contribution < 1.29 is 4.79 Å². The second-order valence-corrected chi connectivity index (χ2v) is 6.23. The average Bonchev–Trinajstić information content (AvgIpc) is 2.64. The standard InChI is InChI=1S/C18H16BrN5O/c1-12-8-13(5-6-15(12)19)24-18(25)16-10-23-17(11-21-16)22-9-14-4-2-3-7-20-14/h2-8,10-11H,9H2,1H3,(H,22,23)(H,24,25). The zero-order chi connectivity index (χ0) is 17.6. The van der Waals surface area contributed by atoms with E-state index in [4.69, 9.17) is 0 Å². The van der Waals surface area contributed by atoms with Crippen LogP contribution in [0.25, 0.3) is 0 Å². The summed E-state index contributed by atoms with van der Waals surface area (Å²) >= 11 is 3.43. The third kappa shape index (κ3) is 4.60. The average molecular weight is 398 g/mol. The summed E-state index contributed by atoms with van der Waals surface area (Å²) in [5, 5.41) is 5.93. The molecule has 2 heterocycles. The topological polar surface area (TPSA) is 79.8 Å². The number of anilines is 2. The highest BCUT2D eigenvalue weighted by atomic mass is 79.9. The number of pyridine rings is 1. The van der Waals surface area contributed by atoms with E-state index in [-0.39, 0.29) is 11.6 Å². The Kier molecular flexibility index (Phi) is 5.35. The second kappa shape index (κ2) is 7.85. The van der Waals surface area contributed by atoms with Crippen LogP contribution < -0.4 is 10.6 Å². The van der Waals surface area contributed by atoms with Crippen molar-refractivity contribution in [3.63, 3.8) is 0 Å². The molecule has 6 nitrogen and oxygen atoms in total. The highest BCUT2D eigenvalue weighted by Crippen LogP contribution is 2.20. The van der Waals surface area contributed by atoms with Crippen LogP contribution in [0.4, 0.5) is 11.5 Å². The Balaban J connectivity index is 1.61. The Hall–Kier alpha value is -2.80. The predicted octanol–water partition coefficient (Wildman–Crippen LogP) is 3.81. The van der Waals surface area contributed by atoms with Crippen LogP contribution in [-0.4, -0.2) is 20.9 Å². The number of nitrogens with one attached hydrogen (secondary N) is 2. The van der Waals surface area contributed by atoms with E-state index in [0.29, 0.717) is 18.1 Å². The number of hydrogen-bond acceptors (Lipinski definition) is 5. The Morgan fingerprint density at radius 1 is 1.12 bits per heavy atom. The fourth-order valence-electron chi connectivity index (χ4n) is 2.14. The number of carbonyl (C=O) groups is 1. The van der Waals surface area contributed by atoms with Gasteiger partial charge in [0.05, 0.1) is 24.6 Å². The van der Waals surface area contributed by atoms with Crippen LogP contribution in [-0.2, 0) is 6.54 Å². The number of nitrogens with zero attached hydrogens (tertiary/aromatic N) is 3. The van der Waals surface area contributed by atoms with Gasteiger partial charge in [-0.05, 0) is 42.8 Å². The molecule has 2 N–H and O–H groups in total. The lowest BCUT2D eigenvalue weighted by Crippen LogP contribution is -2.14. The molecule has 0 radical (unpaired) electrons. The van der Waals surface area contributed by atoms with Crippen LogP contribution >= 0.6 is 15.9 Å². The lowest BCUT2D eigenvalue weighted by molar-refractivity contribution is 0.102. The largest absolute Gasteiger partial charge is 0.363 e. The molecule has 0 fully saturated rings. The van der Waals surface area contributed by atoms with Gasteiger partial charge in [0.25, 0.3) is 5.91 Å². The van der Waals surface area contributed by atoms with Crippen LogP contribution in [0.5, 0.6) is 0 Å². The molecule has 25 heavy (non-hydrogen) atoms. The van der Waals surface area contributed by atoms with Crippen LogP contribution in [0, 0.1) is 6.92 Å². The van der Waals surface area contributed by atoms with Gasteiger partial charge in [-0.3, -0.25) is 9.78 Å². The summed E-state index contributed by atoms with van der Waals surface area (Å²) in [7, 11) is 0. The van der Waals surface area contributed by atoms with Crippen LogP contribution in [0.1, 0.15) is 21.7 Å². The first-order chi connectivity index (χ1) is 12.1. The molecule has 3 aromatic rings. The second-order valence-electron chi connectivity index (χ2n) is 5.38. The monoisotopic (exact) mass is 397 g/mol. The molecule has 0 saturated carbocycles. The summed E-state index contributed by atoms with van der Waals surface area (Å²) in [6, 6.07) is 11.3. The van der Waals surface area contributed by atoms with Gasteiger partial charge in [-0.1, -0.05) is 22.0 Å². The maximum Gasteiger partial charge on any atom is 0.275 e. The Morgan fingerprint density at radius 2 is 2.00 bits per heavy atom. The molecule has 3 rings (SSSR count). The van der Waals surface area contributed by atoms with Crippen LogP contribution in [0.3, 0.4) is 0 Å². The molecule has 0 aliphatic carbocycles. The summed E-state index contributed by atoms with van der Waals surface area (Å²) in [5.41, 5.74) is 2.91. The van der Waals surface area contributed by atoms with E-state index in [1.807, 2.05) is 43.3 Å². The number of benzene rings is 1. The van der Waals surface area contributed by atoms with Gasteiger partial charge in [-0.2, -0.15) is 0 Å². The number of halogens is 1. The van der Waals surface area contributed by atoms with E-state index in [0.717, 1.165) is 15.7 Å². The Labute approximate surface area is 153 Å². The third-order valence-corrected chi connectivity index (χ3v) is 4.37. The van der Waals surface area contributed by atoms with Crippen molar-refractivity contribution in [1.82, 2.24) is 15.0 Å². The minimum Gasteiger partial charge on any atom is -0.363 e. The minimum absolute atomic E-state index is 0.254. The van der Waals surface area contributed by atoms with Gasteiger partial charge < -0.3 is 10.6 Å². The van der Waals surface area contributed by atoms with Gasteiger partial charge in [0.2, 0.25) is 0 Å². The molecule has 0 aliphatic heterocycles. The van der Waals surface area contributed by atoms with Gasteiger partial charge in [0, 0.05) is 16.4 Å². The van der Waals surface area contributed by atoms with E-state index in [2.05, 4.69) is 41.5 Å². The normalized spacial score (nSPS) is 10.3. The van der Waals surface area contributed by atoms with Gasteiger partial charge in [0.15, 0.2) is 0 Å². The molecule has 2 aromatic heterocycles. The number of rotatable bonds is 5. The number of carbonyl (C=O) groups excluding carboxylic acids is 1. The summed E-state index contributed by atoms with van der Waals surface area (Å²) < 4.78 is 0.994. The molecule has 0 saturated heterocycles. The van der Waals surface area contributed by atoms with Crippen LogP contribution in [0.15, 0.2) is 59.5 Å². The number of aryl methyl sites for hydroxylation is 1. The molecular formula is C18H16BrN5O. The Morgan fingerprint density at radius 3 is 2.68 bits per heavy atom. The molecule has 1 amide bonds. The zero-order valence-electron chi connectivity index (χ0n) is 13.5. The highest BCUT2D eigenvalue weighted by Gasteiger charge is 2.09. The molecule has 0 atom stereocenters. The van der Waals surface area contributed by atoms with Crippen molar-refractivity contribution in [2.75, 3.05) is 10.6 Å². The first kappa shape index (κ1) is 17.0. The molecule has 0 spiro atoms. The molecular weight excluding hydrogens is 382 g/mol. The van der Waals surface area contributed by atoms with E-state index < -0.39 is 0 Å². The van der Waals surface area contributed by atoms with Crippen molar-refractivity contribution >= 4 is 33.3 Å². The minimum atomic E-state index is -0.300. The van der Waals surface area contributed by atoms with E-state index >= 15 is 0 Å². The van der Waals surface area contributed by atoms with Gasteiger partial charge in [-0.25, -0.2) is 9.97 Å². The summed E-state index contributed by atoms with van der Waals surface area (Å²) in [5.74, 6) is 0.284. The molecule has 0 bridgehead atoms. The predicted molar refractivity (Wildman–Crippen MR) is 100 cm³/mol. The highest BCUT2D eigenvalue weighted by molar-refractivity contribution is 9.10. The maximum absolute atomic E-state index is 12.2. The summed E-state index contributed by atoms with van der Waals surface area (Å²) in [6.07, 6.45) is 4.71. The van der Waals surface area contributed by atoms with Gasteiger partial charge in [0.1, 0.15) is 11.5 Å².